The van der Waals surface area contributed by atoms with Crippen LogP contribution in [-0.4, -0.2) is 10.9 Å². The van der Waals surface area contributed by atoms with E-state index in [0.29, 0.717) is 23.7 Å². The summed E-state index contributed by atoms with van der Waals surface area (Å²) in [4.78, 5) is 0. The normalized spacial score (nSPS) is 10.7. The molecular formula is C64H88Cl2Si2Zr2-2. The fourth-order valence-corrected chi connectivity index (χ4v) is 8.94. The summed E-state index contributed by atoms with van der Waals surface area (Å²) in [6.07, 6.45) is 4.52. The zero-order valence-corrected chi connectivity index (χ0v) is 55.6. The van der Waals surface area contributed by atoms with Gasteiger partial charge in [0.15, 0.2) is 0 Å². The molecule has 6 heteroatoms. The van der Waals surface area contributed by atoms with E-state index in [9.17, 15) is 0 Å². The van der Waals surface area contributed by atoms with Gasteiger partial charge < -0.3 is 24.8 Å². The molecule has 0 aliphatic rings. The fourth-order valence-electron chi connectivity index (χ4n) is 8.94. The summed E-state index contributed by atoms with van der Waals surface area (Å²) >= 11 is 3.48. The van der Waals surface area contributed by atoms with Crippen LogP contribution in [0.25, 0.3) is 43.1 Å². The van der Waals surface area contributed by atoms with Gasteiger partial charge in [-0.1, -0.05) is 157 Å². The average Bonchev–Trinajstić information content (AvgIpc) is 4.09. The summed E-state index contributed by atoms with van der Waals surface area (Å²) in [5, 5.41) is 11.6. The Morgan fingerprint density at radius 1 is 0.357 bits per heavy atom. The van der Waals surface area contributed by atoms with Gasteiger partial charge in [-0.05, 0) is 49.4 Å². The predicted molar refractivity (Wildman–Crippen MR) is 306 cm³/mol. The smallest absolute Gasteiger partial charge is 1.00 e. The Hall–Kier alpha value is -1.90. The van der Waals surface area contributed by atoms with Gasteiger partial charge in [0.25, 0.3) is 0 Å². The molecule has 0 N–H and O–H groups in total. The van der Waals surface area contributed by atoms with E-state index in [1.165, 1.54) is 110 Å². The first-order chi connectivity index (χ1) is 32.0. The summed E-state index contributed by atoms with van der Waals surface area (Å²) in [6, 6.07) is 36.9. The van der Waals surface area contributed by atoms with Gasteiger partial charge >= 0.3 is 83.7 Å². The Kier molecular flexibility index (Phi) is 30.0. The molecule has 70 heavy (non-hydrogen) atoms. The second-order valence-electron chi connectivity index (χ2n) is 20.7. The molecule has 8 aromatic carbocycles. The van der Waals surface area contributed by atoms with Crippen LogP contribution in [0, 0.1) is 27.7 Å². The van der Waals surface area contributed by atoms with E-state index < -0.39 is 0 Å². The summed E-state index contributed by atoms with van der Waals surface area (Å²) in [5.74, 6) is 2.45. The van der Waals surface area contributed by atoms with Gasteiger partial charge in [-0.2, -0.15) is 24.3 Å². The molecule has 0 saturated carbocycles. The third-order valence-electron chi connectivity index (χ3n) is 12.9. The standard InChI is InChI=1S/4C15H19.2C2H6Si.2ClH.2Zr/c4*1-5-12-8-14-11(4)6-7-13(10(2)3)15(14)9-12;2*1-3-2;;;;/h4*6-10H,5H2,1-4H3;2*1-2H3;2*1H;;/q4*-1;;;;;2*+2/p-2. The van der Waals surface area contributed by atoms with Crippen LogP contribution in [0.15, 0.2) is 97.1 Å². The van der Waals surface area contributed by atoms with Crippen molar-refractivity contribution < 1.29 is 71.5 Å². The minimum absolute atomic E-state index is 0. The molecule has 0 fully saturated rings. The summed E-state index contributed by atoms with van der Waals surface area (Å²) in [5.41, 5.74) is 17.8. The Balaban J connectivity index is 0.000000439. The second-order valence-corrected chi connectivity index (χ2v) is 39.4. The molecule has 8 rings (SSSR count). The molecule has 0 aliphatic carbocycles. The number of hydrogen-bond acceptors (Lipinski definition) is 0. The first kappa shape index (κ1) is 66.1. The van der Waals surface area contributed by atoms with Gasteiger partial charge in [-0.25, -0.2) is 0 Å². The summed E-state index contributed by atoms with van der Waals surface area (Å²) < 4.78 is 0. The first-order valence-corrected chi connectivity index (χ1v) is 38.2. The molecule has 0 aliphatic heterocycles. The van der Waals surface area contributed by atoms with Gasteiger partial charge in [0, 0.05) is 0 Å². The van der Waals surface area contributed by atoms with Gasteiger partial charge in [-0.15, -0.1) is 136 Å². The molecule has 0 nitrogen and oxygen atoms in total. The molecular weight excluding hydrogens is 1080 g/mol. The first-order valence-electron chi connectivity index (χ1n) is 25.8. The molecule has 0 radical (unpaired) electrons. The van der Waals surface area contributed by atoms with Crippen LogP contribution in [0.3, 0.4) is 0 Å². The van der Waals surface area contributed by atoms with Gasteiger partial charge in [0.05, 0.1) is 0 Å². The zero-order chi connectivity index (χ0) is 51.2. The number of benzene rings is 4. The Labute approximate surface area is 471 Å². The Morgan fingerprint density at radius 2 is 0.514 bits per heavy atom. The maximum Gasteiger partial charge on any atom is -1.00 e. The van der Waals surface area contributed by atoms with Crippen LogP contribution in [0.1, 0.15) is 174 Å². The molecule has 0 amide bonds. The van der Waals surface area contributed by atoms with Crippen molar-refractivity contribution in [2.75, 3.05) is 0 Å². The third kappa shape index (κ3) is 18.8. The van der Waals surface area contributed by atoms with Crippen molar-refractivity contribution in [1.82, 2.24) is 0 Å². The van der Waals surface area contributed by atoms with Crippen molar-refractivity contribution in [2.45, 2.75) is 186 Å². The van der Waals surface area contributed by atoms with Crippen LogP contribution in [0.5, 0.6) is 0 Å². The summed E-state index contributed by atoms with van der Waals surface area (Å²) in [6.45, 7) is 45.1. The molecule has 0 saturated heterocycles. The van der Waals surface area contributed by atoms with E-state index in [4.69, 9.17) is 0 Å². The van der Waals surface area contributed by atoms with Crippen molar-refractivity contribution in [1.29, 1.82) is 0 Å². The van der Waals surface area contributed by atoms with Crippen LogP contribution in [0.4, 0.5) is 0 Å². The minimum atomic E-state index is 0. The van der Waals surface area contributed by atoms with Crippen LogP contribution < -0.4 is 24.8 Å². The van der Waals surface area contributed by atoms with Gasteiger partial charge in [0.2, 0.25) is 0 Å². The average molecular weight is 1170 g/mol. The van der Waals surface area contributed by atoms with Crippen molar-refractivity contribution in [3.8, 4) is 0 Å². The molecule has 0 spiro atoms. The minimum Gasteiger partial charge on any atom is -1.00 e. The molecule has 0 unspecified atom stereocenters. The molecule has 0 heterocycles. The van der Waals surface area contributed by atoms with Crippen molar-refractivity contribution >= 4 is 54.0 Å². The van der Waals surface area contributed by atoms with E-state index in [2.05, 4.69) is 234 Å². The molecule has 8 aromatic rings. The topological polar surface area (TPSA) is 0 Å². The Bertz CT molecular complexity index is 2480. The maximum absolute atomic E-state index is 2.36. The van der Waals surface area contributed by atoms with Crippen molar-refractivity contribution in [2.24, 2.45) is 0 Å². The molecule has 376 valence electrons. The van der Waals surface area contributed by atoms with Crippen LogP contribution in [-0.2, 0) is 72.4 Å². The predicted octanol–water partition coefficient (Wildman–Crippen LogP) is 13.8. The quantitative estimate of drug-likeness (QED) is 0.105. The molecule has 0 aromatic heterocycles. The van der Waals surface area contributed by atoms with E-state index in [1.807, 2.05) is 0 Å². The molecule has 0 bridgehead atoms. The van der Waals surface area contributed by atoms with Crippen LogP contribution >= 0.6 is 0 Å². The van der Waals surface area contributed by atoms with Crippen molar-refractivity contribution in [3.63, 3.8) is 0 Å². The van der Waals surface area contributed by atoms with Crippen molar-refractivity contribution in [3.05, 3.63) is 164 Å². The van der Waals surface area contributed by atoms with E-state index in [0.717, 1.165) is 25.7 Å². The molecule has 0 atom stereocenters. The van der Waals surface area contributed by atoms with Gasteiger partial charge in [0.1, 0.15) is 0 Å². The second kappa shape index (κ2) is 31.7. The monoisotopic (exact) mass is 1160 g/mol. The SMILES string of the molecule is CCc1cc2c(C(C)C)ccc(C)c2[cH-]1.CCc1cc2c(C(C)C)ccc(C)c2[cH-]1.CCc1cc2c(C(C)C)ccc(C)c2[cH-]1.CCc1cc2c(C(C)C)ccc(C)c2[cH-]1.C[Si](C)=[Zr+2].C[Si](C)=[Zr+2].[Cl-].[Cl-]. The largest absolute Gasteiger partial charge is 1.00 e. The fraction of sp³-hybridized carbons (Fsp3) is 0.438. The van der Waals surface area contributed by atoms with Gasteiger partial charge in [-0.3, -0.25) is 0 Å². The van der Waals surface area contributed by atoms with E-state index in [-0.39, 0.29) is 35.7 Å². The van der Waals surface area contributed by atoms with E-state index in [1.54, 1.807) is 46.7 Å². The van der Waals surface area contributed by atoms with Crippen LogP contribution in [0.2, 0.25) is 26.2 Å². The maximum atomic E-state index is 2.36. The third-order valence-corrected chi connectivity index (χ3v) is 12.9. The number of hydrogen-bond donors (Lipinski definition) is 0. The Morgan fingerprint density at radius 3 is 0.643 bits per heavy atom. The number of aryl methyl sites for hydroxylation is 8. The zero-order valence-electron chi connectivity index (χ0n) is 47.1. The summed E-state index contributed by atoms with van der Waals surface area (Å²) in [7, 11) is 0. The number of rotatable bonds is 8. The number of fused-ring (bicyclic) bond motifs is 4. The van der Waals surface area contributed by atoms with E-state index >= 15 is 0 Å². The number of halogens is 2.